The summed E-state index contributed by atoms with van der Waals surface area (Å²) >= 11 is 6.23. The van der Waals surface area contributed by atoms with Crippen molar-refractivity contribution in [2.45, 2.75) is 13.8 Å². The SMILES string of the molecule is CCOc1ccc(-c2noc(-c3cnc4ccnn4c3C)n2)cc1Cl. The van der Waals surface area contributed by atoms with Gasteiger partial charge >= 0.3 is 0 Å². The largest absolute Gasteiger partial charge is 0.492 e. The van der Waals surface area contributed by atoms with Gasteiger partial charge in [0.15, 0.2) is 5.65 Å². The number of nitrogens with zero attached hydrogens (tertiary/aromatic N) is 5. The zero-order valence-corrected chi connectivity index (χ0v) is 14.4. The molecule has 0 aliphatic heterocycles. The second-order valence-electron chi connectivity index (χ2n) is 5.36. The first-order valence-corrected chi connectivity index (χ1v) is 8.11. The zero-order chi connectivity index (χ0) is 17.4. The van der Waals surface area contributed by atoms with Crippen molar-refractivity contribution in [2.75, 3.05) is 6.61 Å². The lowest BCUT2D eigenvalue weighted by atomic mass is 10.2. The van der Waals surface area contributed by atoms with Crippen LogP contribution in [0.5, 0.6) is 5.75 Å². The van der Waals surface area contributed by atoms with E-state index < -0.39 is 0 Å². The van der Waals surface area contributed by atoms with E-state index in [1.54, 1.807) is 29.0 Å². The average Bonchev–Trinajstić information content (AvgIpc) is 3.26. The number of rotatable bonds is 4. The quantitative estimate of drug-likeness (QED) is 0.554. The van der Waals surface area contributed by atoms with Crippen molar-refractivity contribution < 1.29 is 9.26 Å². The van der Waals surface area contributed by atoms with Gasteiger partial charge in [-0.1, -0.05) is 16.8 Å². The maximum absolute atomic E-state index is 6.23. The van der Waals surface area contributed by atoms with Crippen LogP contribution in [-0.4, -0.2) is 31.3 Å². The molecule has 0 unspecified atom stereocenters. The molecule has 25 heavy (non-hydrogen) atoms. The van der Waals surface area contributed by atoms with Crippen LogP contribution in [0.4, 0.5) is 0 Å². The van der Waals surface area contributed by atoms with Gasteiger partial charge in [-0.05, 0) is 32.0 Å². The average molecular weight is 356 g/mol. The van der Waals surface area contributed by atoms with Crippen LogP contribution >= 0.6 is 11.6 Å². The highest BCUT2D eigenvalue weighted by Gasteiger charge is 2.16. The summed E-state index contributed by atoms with van der Waals surface area (Å²) in [6, 6.07) is 7.22. The number of halogens is 1. The molecular formula is C17H14ClN5O2. The Hall–Kier alpha value is -2.93. The monoisotopic (exact) mass is 355 g/mol. The van der Waals surface area contributed by atoms with Gasteiger partial charge in [-0.15, -0.1) is 0 Å². The Kier molecular flexibility index (Phi) is 3.85. The highest BCUT2D eigenvalue weighted by atomic mass is 35.5. The summed E-state index contributed by atoms with van der Waals surface area (Å²) < 4.78 is 12.6. The number of benzene rings is 1. The van der Waals surface area contributed by atoms with E-state index in [1.165, 1.54) is 0 Å². The summed E-state index contributed by atoms with van der Waals surface area (Å²) in [5.41, 5.74) is 3.11. The molecule has 3 aromatic heterocycles. The Bertz CT molecular complexity index is 1060. The highest BCUT2D eigenvalue weighted by molar-refractivity contribution is 6.32. The topological polar surface area (TPSA) is 78.3 Å². The molecule has 0 N–H and O–H groups in total. The molecule has 0 radical (unpaired) electrons. The van der Waals surface area contributed by atoms with Gasteiger partial charge in [-0.3, -0.25) is 0 Å². The fraction of sp³-hybridized carbons (Fsp3) is 0.176. The van der Waals surface area contributed by atoms with Crippen LogP contribution < -0.4 is 4.74 Å². The fourth-order valence-electron chi connectivity index (χ4n) is 2.56. The molecule has 4 rings (SSSR count). The minimum atomic E-state index is 0.377. The van der Waals surface area contributed by atoms with Gasteiger partial charge in [0.2, 0.25) is 5.82 Å². The number of hydrogen-bond acceptors (Lipinski definition) is 6. The Morgan fingerprint density at radius 3 is 2.96 bits per heavy atom. The summed E-state index contributed by atoms with van der Waals surface area (Å²) in [6.07, 6.45) is 3.40. The van der Waals surface area contributed by atoms with Crippen molar-refractivity contribution in [1.29, 1.82) is 0 Å². The van der Waals surface area contributed by atoms with E-state index in [2.05, 4.69) is 20.2 Å². The lowest BCUT2D eigenvalue weighted by Gasteiger charge is -2.05. The number of aryl methyl sites for hydroxylation is 1. The summed E-state index contributed by atoms with van der Waals surface area (Å²) in [7, 11) is 0. The Morgan fingerprint density at radius 2 is 2.16 bits per heavy atom. The maximum atomic E-state index is 6.23. The van der Waals surface area contributed by atoms with E-state index in [9.17, 15) is 0 Å². The molecule has 126 valence electrons. The molecule has 0 aliphatic rings. The van der Waals surface area contributed by atoms with Gasteiger partial charge in [0.25, 0.3) is 5.89 Å². The molecule has 0 spiro atoms. The first-order valence-electron chi connectivity index (χ1n) is 7.73. The van der Waals surface area contributed by atoms with Crippen LogP contribution in [0.25, 0.3) is 28.5 Å². The molecule has 0 amide bonds. The maximum Gasteiger partial charge on any atom is 0.261 e. The fourth-order valence-corrected chi connectivity index (χ4v) is 2.80. The van der Waals surface area contributed by atoms with Crippen molar-refractivity contribution >= 4 is 17.2 Å². The van der Waals surface area contributed by atoms with Crippen molar-refractivity contribution in [3.63, 3.8) is 0 Å². The molecule has 1 aromatic carbocycles. The number of aromatic nitrogens is 5. The summed E-state index contributed by atoms with van der Waals surface area (Å²) in [5, 5.41) is 8.79. The lowest BCUT2D eigenvalue weighted by molar-refractivity contribution is 0.340. The van der Waals surface area contributed by atoms with E-state index in [0.717, 1.165) is 22.5 Å². The van der Waals surface area contributed by atoms with Crippen LogP contribution in [0.1, 0.15) is 12.6 Å². The predicted octanol–water partition coefficient (Wildman–Crippen LogP) is 3.81. The lowest BCUT2D eigenvalue weighted by Crippen LogP contribution is -1.98. The van der Waals surface area contributed by atoms with Gasteiger partial charge in [0.05, 0.1) is 29.1 Å². The molecule has 0 fully saturated rings. The van der Waals surface area contributed by atoms with Crippen LogP contribution in [0.2, 0.25) is 5.02 Å². The zero-order valence-electron chi connectivity index (χ0n) is 13.6. The van der Waals surface area contributed by atoms with Crippen molar-refractivity contribution in [3.8, 4) is 28.6 Å². The van der Waals surface area contributed by atoms with Gasteiger partial charge < -0.3 is 9.26 Å². The molecule has 7 nitrogen and oxygen atoms in total. The minimum absolute atomic E-state index is 0.377. The standard InChI is InChI=1S/C17H14ClN5O2/c1-3-24-14-5-4-11(8-13(14)18)16-21-17(25-22-16)12-9-19-15-6-7-20-23(15)10(12)2/h4-9H,3H2,1-2H3. The smallest absolute Gasteiger partial charge is 0.261 e. The van der Waals surface area contributed by atoms with Gasteiger partial charge in [-0.25, -0.2) is 9.50 Å². The van der Waals surface area contributed by atoms with Gasteiger partial charge in [0, 0.05) is 17.8 Å². The molecular weight excluding hydrogens is 342 g/mol. The second-order valence-corrected chi connectivity index (χ2v) is 5.77. The van der Waals surface area contributed by atoms with Crippen LogP contribution in [0.15, 0.2) is 41.2 Å². The van der Waals surface area contributed by atoms with Crippen LogP contribution in [-0.2, 0) is 0 Å². The molecule has 0 bridgehead atoms. The highest BCUT2D eigenvalue weighted by Crippen LogP contribution is 2.30. The minimum Gasteiger partial charge on any atom is -0.492 e. The van der Waals surface area contributed by atoms with E-state index >= 15 is 0 Å². The van der Waals surface area contributed by atoms with Crippen molar-refractivity contribution in [2.24, 2.45) is 0 Å². The van der Waals surface area contributed by atoms with E-state index in [1.807, 2.05) is 26.0 Å². The van der Waals surface area contributed by atoms with Crippen molar-refractivity contribution in [1.82, 2.24) is 24.7 Å². The molecule has 0 aliphatic carbocycles. The third-order valence-electron chi connectivity index (χ3n) is 3.80. The first-order chi connectivity index (χ1) is 12.2. The number of fused-ring (bicyclic) bond motifs is 1. The first kappa shape index (κ1) is 15.6. The molecule has 4 aromatic rings. The molecule has 0 saturated heterocycles. The van der Waals surface area contributed by atoms with Crippen LogP contribution in [0, 0.1) is 6.92 Å². The Morgan fingerprint density at radius 1 is 1.28 bits per heavy atom. The van der Waals surface area contributed by atoms with E-state index in [0.29, 0.717) is 29.1 Å². The third kappa shape index (κ3) is 2.72. The second kappa shape index (κ2) is 6.18. The normalized spacial score (nSPS) is 11.2. The number of hydrogen-bond donors (Lipinski definition) is 0. The number of ether oxygens (including phenoxy) is 1. The van der Waals surface area contributed by atoms with Gasteiger partial charge in [0.1, 0.15) is 5.75 Å². The van der Waals surface area contributed by atoms with E-state index in [4.69, 9.17) is 20.9 Å². The van der Waals surface area contributed by atoms with E-state index in [-0.39, 0.29) is 0 Å². The van der Waals surface area contributed by atoms with Gasteiger partial charge in [-0.2, -0.15) is 10.1 Å². The summed E-state index contributed by atoms with van der Waals surface area (Å²) in [5.74, 6) is 1.45. The molecule has 8 heteroatoms. The third-order valence-corrected chi connectivity index (χ3v) is 4.10. The summed E-state index contributed by atoms with van der Waals surface area (Å²) in [6.45, 7) is 4.38. The Balaban J connectivity index is 1.72. The molecule has 0 saturated carbocycles. The molecule has 0 atom stereocenters. The summed E-state index contributed by atoms with van der Waals surface area (Å²) in [4.78, 5) is 8.80. The molecule has 3 heterocycles. The van der Waals surface area contributed by atoms with Crippen LogP contribution in [0.3, 0.4) is 0 Å². The Labute approximate surface area is 148 Å². The predicted molar refractivity (Wildman–Crippen MR) is 92.6 cm³/mol. The van der Waals surface area contributed by atoms with Crippen molar-refractivity contribution in [3.05, 3.63) is 47.4 Å².